The molecule has 1 aromatic carbocycles. The zero-order valence-corrected chi connectivity index (χ0v) is 9.85. The molecule has 1 fully saturated rings. The molecule has 2 rings (SSSR count). The molecule has 1 aromatic rings. The normalized spacial score (nSPS) is 21.0. The number of amides is 2. The summed E-state index contributed by atoms with van der Waals surface area (Å²) in [6.45, 7) is 0.438. The van der Waals surface area contributed by atoms with Crippen molar-refractivity contribution in [2.24, 2.45) is 0 Å². The Morgan fingerprint density at radius 1 is 1.29 bits per heavy atom. The monoisotopic (exact) mass is 232 g/mol. The van der Waals surface area contributed by atoms with Gasteiger partial charge >= 0.3 is 0 Å². The Labute approximate surface area is 101 Å². The van der Waals surface area contributed by atoms with Crippen molar-refractivity contribution < 1.29 is 9.59 Å². The van der Waals surface area contributed by atoms with Gasteiger partial charge in [-0.2, -0.15) is 0 Å². The van der Waals surface area contributed by atoms with Crippen LogP contribution in [0.2, 0.25) is 0 Å². The SMILES string of the molecule is CN1C(=O)CCNC(=O)C1Cc1ccccc1. The Kier molecular flexibility index (Phi) is 3.42. The minimum absolute atomic E-state index is 0.0179. The van der Waals surface area contributed by atoms with Gasteiger partial charge in [-0.15, -0.1) is 0 Å². The Morgan fingerprint density at radius 3 is 2.71 bits per heavy atom. The topological polar surface area (TPSA) is 49.4 Å². The average Bonchev–Trinajstić information content (AvgIpc) is 2.45. The molecule has 90 valence electrons. The van der Waals surface area contributed by atoms with Gasteiger partial charge in [0, 0.05) is 26.4 Å². The Hall–Kier alpha value is -1.84. The van der Waals surface area contributed by atoms with Crippen molar-refractivity contribution in [2.75, 3.05) is 13.6 Å². The molecule has 0 aromatic heterocycles. The second-order valence-electron chi connectivity index (χ2n) is 4.25. The molecule has 1 N–H and O–H groups in total. The highest BCUT2D eigenvalue weighted by Crippen LogP contribution is 2.11. The van der Waals surface area contributed by atoms with Crippen LogP contribution >= 0.6 is 0 Å². The second kappa shape index (κ2) is 4.99. The lowest BCUT2D eigenvalue weighted by Gasteiger charge is -2.24. The fraction of sp³-hybridized carbons (Fsp3) is 0.385. The van der Waals surface area contributed by atoms with Crippen molar-refractivity contribution in [3.63, 3.8) is 0 Å². The Bertz CT molecular complexity index is 417. The van der Waals surface area contributed by atoms with Gasteiger partial charge in [-0.1, -0.05) is 30.3 Å². The number of likely N-dealkylation sites (N-methyl/N-ethyl adjacent to an activating group) is 1. The zero-order chi connectivity index (χ0) is 12.3. The van der Waals surface area contributed by atoms with Crippen LogP contribution in [0.15, 0.2) is 30.3 Å². The van der Waals surface area contributed by atoms with Crippen LogP contribution < -0.4 is 5.32 Å². The van der Waals surface area contributed by atoms with E-state index in [9.17, 15) is 9.59 Å². The molecule has 0 spiro atoms. The highest BCUT2D eigenvalue weighted by Gasteiger charge is 2.29. The second-order valence-corrected chi connectivity index (χ2v) is 4.25. The standard InChI is InChI=1S/C13H16N2O2/c1-15-11(9-10-5-3-2-4-6-10)13(17)14-8-7-12(15)16/h2-6,11H,7-9H2,1H3,(H,14,17). The summed E-state index contributed by atoms with van der Waals surface area (Å²) in [6, 6.07) is 9.35. The van der Waals surface area contributed by atoms with E-state index in [1.54, 1.807) is 11.9 Å². The average molecular weight is 232 g/mol. The molecule has 17 heavy (non-hydrogen) atoms. The molecule has 0 saturated carbocycles. The highest BCUT2D eigenvalue weighted by molar-refractivity contribution is 5.90. The Balaban J connectivity index is 2.16. The summed E-state index contributed by atoms with van der Waals surface area (Å²) in [5, 5.41) is 2.77. The molecule has 0 bridgehead atoms. The molecular weight excluding hydrogens is 216 g/mol. The predicted molar refractivity (Wildman–Crippen MR) is 64.3 cm³/mol. The maximum absolute atomic E-state index is 11.9. The first-order valence-electron chi connectivity index (χ1n) is 5.76. The van der Waals surface area contributed by atoms with Crippen LogP contribution in [0, 0.1) is 0 Å². The van der Waals surface area contributed by atoms with Gasteiger partial charge in [0.15, 0.2) is 0 Å². The number of nitrogens with zero attached hydrogens (tertiary/aromatic N) is 1. The highest BCUT2D eigenvalue weighted by atomic mass is 16.2. The van der Waals surface area contributed by atoms with Crippen LogP contribution in [0.5, 0.6) is 0 Å². The summed E-state index contributed by atoms with van der Waals surface area (Å²) in [5.41, 5.74) is 1.06. The van der Waals surface area contributed by atoms with E-state index in [1.165, 1.54) is 0 Å². The molecule has 1 saturated heterocycles. The van der Waals surface area contributed by atoms with Gasteiger partial charge in [0.05, 0.1) is 0 Å². The van der Waals surface area contributed by atoms with Crippen molar-refractivity contribution in [1.82, 2.24) is 10.2 Å². The van der Waals surface area contributed by atoms with Crippen LogP contribution in [-0.2, 0) is 16.0 Å². The maximum atomic E-state index is 11.9. The molecule has 0 aliphatic carbocycles. The van der Waals surface area contributed by atoms with E-state index in [0.29, 0.717) is 19.4 Å². The van der Waals surface area contributed by atoms with Gasteiger partial charge in [0.25, 0.3) is 0 Å². The van der Waals surface area contributed by atoms with E-state index in [1.807, 2.05) is 30.3 Å². The number of carbonyl (C=O) groups is 2. The number of hydrogen-bond donors (Lipinski definition) is 1. The lowest BCUT2D eigenvalue weighted by molar-refractivity contribution is -0.136. The summed E-state index contributed by atoms with van der Waals surface area (Å²) < 4.78 is 0. The third-order valence-electron chi connectivity index (χ3n) is 3.07. The van der Waals surface area contributed by atoms with E-state index in [-0.39, 0.29) is 11.8 Å². The molecule has 1 aliphatic heterocycles. The predicted octanol–water partition coefficient (Wildman–Crippen LogP) is 0.576. The van der Waals surface area contributed by atoms with E-state index >= 15 is 0 Å². The smallest absolute Gasteiger partial charge is 0.243 e. The number of nitrogens with one attached hydrogen (secondary N) is 1. The van der Waals surface area contributed by atoms with Crippen LogP contribution in [0.25, 0.3) is 0 Å². The first kappa shape index (κ1) is 11.6. The fourth-order valence-electron chi connectivity index (χ4n) is 2.00. The van der Waals surface area contributed by atoms with Gasteiger partial charge in [0.2, 0.25) is 11.8 Å². The molecular formula is C13H16N2O2. The fourth-order valence-corrected chi connectivity index (χ4v) is 2.00. The van der Waals surface area contributed by atoms with Crippen LogP contribution in [0.4, 0.5) is 0 Å². The van der Waals surface area contributed by atoms with Crippen molar-refractivity contribution in [2.45, 2.75) is 18.9 Å². The number of benzene rings is 1. The van der Waals surface area contributed by atoms with Crippen molar-refractivity contribution in [3.8, 4) is 0 Å². The third-order valence-corrected chi connectivity index (χ3v) is 3.07. The summed E-state index contributed by atoms with van der Waals surface area (Å²) >= 11 is 0. The minimum Gasteiger partial charge on any atom is -0.354 e. The summed E-state index contributed by atoms with van der Waals surface area (Å²) in [7, 11) is 1.70. The molecule has 2 amide bonds. The van der Waals surface area contributed by atoms with Crippen LogP contribution in [0.1, 0.15) is 12.0 Å². The van der Waals surface area contributed by atoms with Gasteiger partial charge < -0.3 is 10.2 Å². The van der Waals surface area contributed by atoms with Crippen LogP contribution in [0.3, 0.4) is 0 Å². The molecule has 1 atom stereocenters. The maximum Gasteiger partial charge on any atom is 0.243 e. The van der Waals surface area contributed by atoms with E-state index in [0.717, 1.165) is 5.56 Å². The van der Waals surface area contributed by atoms with E-state index in [4.69, 9.17) is 0 Å². The molecule has 4 heteroatoms. The molecule has 1 unspecified atom stereocenters. The molecule has 1 heterocycles. The van der Waals surface area contributed by atoms with Crippen molar-refractivity contribution in [3.05, 3.63) is 35.9 Å². The molecule has 1 aliphatic rings. The first-order chi connectivity index (χ1) is 8.18. The van der Waals surface area contributed by atoms with Gasteiger partial charge in [0.1, 0.15) is 6.04 Å². The van der Waals surface area contributed by atoms with Crippen molar-refractivity contribution in [1.29, 1.82) is 0 Å². The Morgan fingerprint density at radius 2 is 2.00 bits per heavy atom. The summed E-state index contributed by atoms with van der Waals surface area (Å²) in [5.74, 6) is -0.0496. The molecule has 4 nitrogen and oxygen atoms in total. The minimum atomic E-state index is -0.396. The zero-order valence-electron chi connectivity index (χ0n) is 9.85. The molecule has 0 radical (unpaired) electrons. The number of hydrogen-bond acceptors (Lipinski definition) is 2. The largest absolute Gasteiger partial charge is 0.354 e. The van der Waals surface area contributed by atoms with Gasteiger partial charge in [-0.3, -0.25) is 9.59 Å². The summed E-state index contributed by atoms with van der Waals surface area (Å²) in [6.07, 6.45) is 0.947. The van der Waals surface area contributed by atoms with E-state index in [2.05, 4.69) is 5.32 Å². The summed E-state index contributed by atoms with van der Waals surface area (Å²) in [4.78, 5) is 25.1. The van der Waals surface area contributed by atoms with Crippen molar-refractivity contribution >= 4 is 11.8 Å². The number of carbonyl (C=O) groups excluding carboxylic acids is 2. The lowest BCUT2D eigenvalue weighted by atomic mass is 10.0. The third kappa shape index (κ3) is 2.64. The van der Waals surface area contributed by atoms with Gasteiger partial charge in [-0.05, 0) is 5.56 Å². The van der Waals surface area contributed by atoms with Gasteiger partial charge in [-0.25, -0.2) is 0 Å². The van der Waals surface area contributed by atoms with E-state index < -0.39 is 6.04 Å². The quantitative estimate of drug-likeness (QED) is 0.810. The number of rotatable bonds is 2. The lowest BCUT2D eigenvalue weighted by Crippen LogP contribution is -2.45. The van der Waals surface area contributed by atoms with Crippen LogP contribution in [-0.4, -0.2) is 36.3 Å². The first-order valence-corrected chi connectivity index (χ1v) is 5.76.